The van der Waals surface area contributed by atoms with Gasteiger partial charge in [0.25, 0.3) is 0 Å². The van der Waals surface area contributed by atoms with Crippen molar-refractivity contribution in [2.45, 2.75) is 128 Å². The van der Waals surface area contributed by atoms with Gasteiger partial charge in [-0.2, -0.15) is 13.2 Å². The molecule has 0 aliphatic carbocycles. The van der Waals surface area contributed by atoms with Gasteiger partial charge in [0, 0.05) is 18.6 Å². The molecule has 48 heavy (non-hydrogen) atoms. The number of aromatic nitrogens is 1. The highest BCUT2D eigenvalue weighted by atomic mass is 19.4. The first-order valence-corrected chi connectivity index (χ1v) is 17.9. The number of aliphatic carboxylic acids is 1. The second-order valence-corrected chi connectivity index (χ2v) is 12.8. The van der Waals surface area contributed by atoms with Crippen LogP contribution in [0.15, 0.2) is 66.9 Å². The van der Waals surface area contributed by atoms with Crippen LogP contribution in [0.3, 0.4) is 0 Å². The molecule has 1 aromatic heterocycles. The third kappa shape index (κ3) is 14.4. The summed E-state index contributed by atoms with van der Waals surface area (Å²) in [4.78, 5) is 16.0. The molecule has 2 aromatic carbocycles. The van der Waals surface area contributed by atoms with Crippen molar-refractivity contribution in [1.29, 1.82) is 0 Å². The van der Waals surface area contributed by atoms with Gasteiger partial charge in [0.15, 0.2) is 6.10 Å². The Morgan fingerprint density at radius 3 is 2.08 bits per heavy atom. The lowest BCUT2D eigenvalue weighted by atomic mass is 9.86. The van der Waals surface area contributed by atoms with Crippen LogP contribution >= 0.6 is 0 Å². The number of hydrogen-bond acceptors (Lipinski definition) is 4. The Bertz CT molecular complexity index is 1310. The molecule has 3 aromatic rings. The van der Waals surface area contributed by atoms with E-state index in [0.29, 0.717) is 32.3 Å². The third-order valence-corrected chi connectivity index (χ3v) is 8.85. The SMILES string of the molecule is CCCCCCCCCCCCOc1ccc(-c2cc(C(CCCOC(C)C(F)(F)F)CCCC(=O)O)ccc2-c2ccccc2)nc1. The molecular formula is C40H54F3NO4. The second-order valence-electron chi connectivity index (χ2n) is 12.8. The van der Waals surface area contributed by atoms with E-state index in [1.165, 1.54) is 51.4 Å². The van der Waals surface area contributed by atoms with Crippen LogP contribution in [0, 0.1) is 0 Å². The zero-order chi connectivity index (χ0) is 34.6. The van der Waals surface area contributed by atoms with Crippen LogP contribution in [0.5, 0.6) is 5.75 Å². The highest BCUT2D eigenvalue weighted by Gasteiger charge is 2.36. The van der Waals surface area contributed by atoms with E-state index >= 15 is 0 Å². The second kappa shape index (κ2) is 21.6. The van der Waals surface area contributed by atoms with Crippen molar-refractivity contribution in [2.24, 2.45) is 0 Å². The molecule has 264 valence electrons. The minimum absolute atomic E-state index is 0.0206. The Kier molecular flexibility index (Phi) is 17.5. The van der Waals surface area contributed by atoms with Gasteiger partial charge in [-0.1, -0.05) is 107 Å². The number of halogens is 3. The van der Waals surface area contributed by atoms with Gasteiger partial charge in [0.2, 0.25) is 0 Å². The summed E-state index contributed by atoms with van der Waals surface area (Å²) in [7, 11) is 0. The molecule has 0 fully saturated rings. The smallest absolute Gasteiger partial charge is 0.414 e. The van der Waals surface area contributed by atoms with Gasteiger partial charge in [-0.05, 0) is 79.8 Å². The quantitative estimate of drug-likeness (QED) is 0.0961. The summed E-state index contributed by atoms with van der Waals surface area (Å²) < 4.78 is 49.8. The standard InChI is InChI=1S/C40H54F3NO4/c1-3-4-5-6-7-8-9-10-11-15-27-48-35-24-26-38(44-30-35)37-29-34(23-25-36(37)33-18-13-12-14-19-33)32(20-16-22-39(45)46)21-17-28-47-31(2)40(41,42)43/h12-14,18-19,23-26,29-32H,3-11,15-17,20-22,27-28H2,1-2H3,(H,45,46). The molecule has 1 N–H and O–H groups in total. The van der Waals surface area contributed by atoms with Crippen LogP contribution in [0.25, 0.3) is 22.4 Å². The fourth-order valence-corrected chi connectivity index (χ4v) is 5.96. The first-order valence-electron chi connectivity index (χ1n) is 17.9. The van der Waals surface area contributed by atoms with Crippen molar-refractivity contribution in [2.75, 3.05) is 13.2 Å². The van der Waals surface area contributed by atoms with Gasteiger partial charge in [0.1, 0.15) is 5.75 Å². The molecule has 0 aliphatic rings. The van der Waals surface area contributed by atoms with Gasteiger partial charge in [-0.25, -0.2) is 0 Å². The Hall–Kier alpha value is -3.39. The maximum atomic E-state index is 12.9. The Labute approximate surface area is 285 Å². The number of alkyl halides is 3. The Balaban J connectivity index is 1.68. The van der Waals surface area contributed by atoms with Gasteiger partial charge < -0.3 is 14.6 Å². The Morgan fingerprint density at radius 2 is 1.46 bits per heavy atom. The normalized spacial score (nSPS) is 12.9. The van der Waals surface area contributed by atoms with Crippen molar-refractivity contribution in [3.05, 3.63) is 72.4 Å². The number of rotatable bonds is 24. The Morgan fingerprint density at radius 1 is 0.792 bits per heavy atom. The van der Waals surface area contributed by atoms with E-state index in [1.54, 1.807) is 6.20 Å². The molecule has 0 aliphatic heterocycles. The van der Waals surface area contributed by atoms with Crippen LogP contribution in [0.4, 0.5) is 13.2 Å². The minimum Gasteiger partial charge on any atom is -0.492 e. The molecule has 0 saturated heterocycles. The van der Waals surface area contributed by atoms with E-state index in [2.05, 4.69) is 19.1 Å². The van der Waals surface area contributed by atoms with E-state index in [0.717, 1.165) is 53.5 Å². The third-order valence-electron chi connectivity index (χ3n) is 8.85. The van der Waals surface area contributed by atoms with Crippen LogP contribution in [0.1, 0.15) is 122 Å². The number of hydrogen-bond donors (Lipinski definition) is 1. The molecule has 0 amide bonds. The topological polar surface area (TPSA) is 68.7 Å². The number of unbranched alkanes of at least 4 members (excludes halogenated alkanes) is 9. The first kappa shape index (κ1) is 39.1. The lowest BCUT2D eigenvalue weighted by Gasteiger charge is -2.21. The summed E-state index contributed by atoms with van der Waals surface area (Å²) in [5.74, 6) is -0.177. The van der Waals surface area contributed by atoms with Crippen molar-refractivity contribution >= 4 is 5.97 Å². The number of ether oxygens (including phenoxy) is 2. The summed E-state index contributed by atoms with van der Waals surface area (Å²) in [5.41, 5.74) is 4.78. The summed E-state index contributed by atoms with van der Waals surface area (Å²) in [6.07, 6.45) is 10.4. The van der Waals surface area contributed by atoms with Crippen LogP contribution in [-0.4, -0.2) is 41.6 Å². The van der Waals surface area contributed by atoms with Crippen molar-refractivity contribution in [3.8, 4) is 28.1 Å². The highest BCUT2D eigenvalue weighted by Crippen LogP contribution is 2.37. The minimum atomic E-state index is -4.40. The largest absolute Gasteiger partial charge is 0.492 e. The molecular weight excluding hydrogens is 615 g/mol. The zero-order valence-corrected chi connectivity index (χ0v) is 28.8. The van der Waals surface area contributed by atoms with Crippen LogP contribution < -0.4 is 4.74 Å². The monoisotopic (exact) mass is 669 g/mol. The van der Waals surface area contributed by atoms with E-state index < -0.39 is 18.2 Å². The van der Waals surface area contributed by atoms with Crippen LogP contribution in [-0.2, 0) is 9.53 Å². The zero-order valence-electron chi connectivity index (χ0n) is 28.8. The molecule has 5 nitrogen and oxygen atoms in total. The van der Waals surface area contributed by atoms with Gasteiger partial charge in [-0.15, -0.1) is 0 Å². The maximum absolute atomic E-state index is 12.9. The lowest BCUT2D eigenvalue weighted by Crippen LogP contribution is -2.28. The first-order chi connectivity index (χ1) is 23.2. The summed E-state index contributed by atoms with van der Waals surface area (Å²) in [6, 6.07) is 20.1. The predicted molar refractivity (Wildman–Crippen MR) is 187 cm³/mol. The lowest BCUT2D eigenvalue weighted by molar-refractivity contribution is -0.214. The van der Waals surface area contributed by atoms with Crippen LogP contribution in [0.2, 0.25) is 0 Å². The number of carbonyl (C=O) groups is 1. The van der Waals surface area contributed by atoms with E-state index in [9.17, 15) is 23.1 Å². The molecule has 0 radical (unpaired) electrons. The average Bonchev–Trinajstić information content (AvgIpc) is 3.08. The number of nitrogens with zero attached hydrogens (tertiary/aromatic N) is 1. The molecule has 1 heterocycles. The number of pyridine rings is 1. The summed E-state index contributed by atoms with van der Waals surface area (Å²) in [6.45, 7) is 3.90. The summed E-state index contributed by atoms with van der Waals surface area (Å²) >= 11 is 0. The van der Waals surface area contributed by atoms with E-state index in [1.807, 2.05) is 48.5 Å². The fraction of sp³-hybridized carbons (Fsp3) is 0.550. The number of carboxylic acids is 1. The molecule has 0 saturated carbocycles. The predicted octanol–water partition coefficient (Wildman–Crippen LogP) is 11.8. The average molecular weight is 670 g/mol. The number of carboxylic acid groups (broad SMARTS) is 1. The molecule has 8 heteroatoms. The van der Waals surface area contributed by atoms with E-state index in [-0.39, 0.29) is 18.9 Å². The highest BCUT2D eigenvalue weighted by molar-refractivity contribution is 5.82. The molecule has 2 unspecified atom stereocenters. The van der Waals surface area contributed by atoms with Gasteiger partial charge in [0.05, 0.1) is 18.5 Å². The molecule has 0 bridgehead atoms. The van der Waals surface area contributed by atoms with Gasteiger partial charge >= 0.3 is 12.1 Å². The van der Waals surface area contributed by atoms with Crippen molar-refractivity contribution < 1.29 is 32.5 Å². The number of benzene rings is 2. The van der Waals surface area contributed by atoms with Gasteiger partial charge in [-0.3, -0.25) is 9.78 Å². The molecule has 3 rings (SSSR count). The fourth-order valence-electron chi connectivity index (χ4n) is 5.96. The maximum Gasteiger partial charge on any atom is 0.414 e. The van der Waals surface area contributed by atoms with Crippen molar-refractivity contribution in [3.63, 3.8) is 0 Å². The summed E-state index contributed by atoms with van der Waals surface area (Å²) in [5, 5.41) is 9.22. The van der Waals surface area contributed by atoms with E-state index in [4.69, 9.17) is 14.5 Å². The molecule has 2 atom stereocenters. The van der Waals surface area contributed by atoms with Crippen molar-refractivity contribution in [1.82, 2.24) is 4.98 Å². The molecule has 0 spiro atoms.